The van der Waals surface area contributed by atoms with Crippen LogP contribution in [0.5, 0.6) is 6.01 Å². The molecule has 0 spiro atoms. The molecule has 0 bridgehead atoms. The van der Waals surface area contributed by atoms with Crippen molar-refractivity contribution in [2.24, 2.45) is 0 Å². The van der Waals surface area contributed by atoms with E-state index < -0.39 is 0 Å². The van der Waals surface area contributed by atoms with Gasteiger partial charge in [0.05, 0.1) is 18.4 Å². The van der Waals surface area contributed by atoms with Gasteiger partial charge in [-0.2, -0.15) is 9.97 Å². The van der Waals surface area contributed by atoms with Gasteiger partial charge in [0, 0.05) is 11.1 Å². The average molecular weight is 258 g/mol. The van der Waals surface area contributed by atoms with Crippen molar-refractivity contribution in [2.45, 2.75) is 5.03 Å². The van der Waals surface area contributed by atoms with E-state index in [0.29, 0.717) is 27.9 Å². The highest BCUT2D eigenvalue weighted by molar-refractivity contribution is 7.98. The molecule has 1 heterocycles. The van der Waals surface area contributed by atoms with E-state index >= 15 is 0 Å². The summed E-state index contributed by atoms with van der Waals surface area (Å²) in [6.07, 6.45) is 1.89. The number of aromatic nitrogens is 2. The molecule has 5 heteroatoms. The molecule has 1 aliphatic rings. The Bertz CT molecular complexity index is 655. The molecule has 0 N–H and O–H groups in total. The van der Waals surface area contributed by atoms with Crippen molar-refractivity contribution in [3.63, 3.8) is 0 Å². The van der Waals surface area contributed by atoms with Crippen LogP contribution in [0.2, 0.25) is 0 Å². The normalized spacial score (nSPS) is 12.2. The van der Waals surface area contributed by atoms with Crippen LogP contribution in [0, 0.1) is 0 Å². The van der Waals surface area contributed by atoms with Crippen molar-refractivity contribution in [3.05, 3.63) is 35.4 Å². The van der Waals surface area contributed by atoms with Crippen molar-refractivity contribution in [1.29, 1.82) is 0 Å². The number of rotatable bonds is 2. The number of ether oxygens (including phenoxy) is 1. The monoisotopic (exact) mass is 258 g/mol. The Morgan fingerprint density at radius 1 is 1.17 bits per heavy atom. The van der Waals surface area contributed by atoms with Crippen LogP contribution in [0.4, 0.5) is 0 Å². The number of thioether (sulfide) groups is 1. The number of fused-ring (bicyclic) bond motifs is 3. The van der Waals surface area contributed by atoms with Crippen LogP contribution in [0.1, 0.15) is 15.9 Å². The fraction of sp³-hybridized carbons (Fsp3) is 0.154. The highest BCUT2D eigenvalue weighted by Gasteiger charge is 2.31. The molecule has 0 amide bonds. The van der Waals surface area contributed by atoms with Crippen molar-refractivity contribution >= 4 is 17.5 Å². The number of hydrogen-bond acceptors (Lipinski definition) is 5. The van der Waals surface area contributed by atoms with E-state index in [4.69, 9.17) is 4.74 Å². The maximum atomic E-state index is 12.3. The van der Waals surface area contributed by atoms with Gasteiger partial charge in [-0.3, -0.25) is 4.79 Å². The third-order valence-electron chi connectivity index (χ3n) is 2.89. The maximum absolute atomic E-state index is 12.3. The quantitative estimate of drug-likeness (QED) is 0.522. The number of benzene rings is 1. The standard InChI is InChI=1S/C13H10N2O2S/c1-17-13-14-10-7-5-3-4-6-8(7)11(16)9(10)12(15-13)18-2/h3-6H,1-2H3. The van der Waals surface area contributed by atoms with Gasteiger partial charge in [-0.15, -0.1) is 11.8 Å². The molecule has 3 rings (SSSR count). The lowest BCUT2D eigenvalue weighted by Gasteiger charge is -2.05. The second-order valence-electron chi connectivity index (χ2n) is 3.82. The zero-order valence-corrected chi connectivity index (χ0v) is 10.7. The molecule has 2 aromatic rings. The van der Waals surface area contributed by atoms with E-state index in [1.807, 2.05) is 30.5 Å². The summed E-state index contributed by atoms with van der Waals surface area (Å²) in [5.74, 6) is -0.00685. The first kappa shape index (κ1) is 11.2. The van der Waals surface area contributed by atoms with Crippen LogP contribution in [0.3, 0.4) is 0 Å². The summed E-state index contributed by atoms with van der Waals surface area (Å²) in [5, 5.41) is 0.665. The first-order valence-electron chi connectivity index (χ1n) is 5.40. The first-order valence-corrected chi connectivity index (χ1v) is 6.63. The van der Waals surface area contributed by atoms with Gasteiger partial charge >= 0.3 is 6.01 Å². The molecule has 0 aliphatic heterocycles. The molecular weight excluding hydrogens is 248 g/mol. The lowest BCUT2D eigenvalue weighted by Crippen LogP contribution is -2.02. The highest BCUT2D eigenvalue weighted by Crippen LogP contribution is 2.39. The van der Waals surface area contributed by atoms with Crippen LogP contribution in [-0.4, -0.2) is 29.1 Å². The van der Waals surface area contributed by atoms with Crippen LogP contribution in [-0.2, 0) is 0 Å². The van der Waals surface area contributed by atoms with E-state index in [9.17, 15) is 4.79 Å². The molecule has 1 aromatic heterocycles. The van der Waals surface area contributed by atoms with Gasteiger partial charge in [-0.05, 0) is 6.26 Å². The first-order chi connectivity index (χ1) is 8.76. The largest absolute Gasteiger partial charge is 0.467 e. The van der Waals surface area contributed by atoms with Gasteiger partial charge in [0.25, 0.3) is 0 Å². The van der Waals surface area contributed by atoms with Gasteiger partial charge in [-0.1, -0.05) is 24.3 Å². The molecule has 90 valence electrons. The summed E-state index contributed by atoms with van der Waals surface area (Å²) in [5.41, 5.74) is 2.80. The van der Waals surface area contributed by atoms with Crippen molar-refractivity contribution in [2.75, 3.05) is 13.4 Å². The Morgan fingerprint density at radius 3 is 2.56 bits per heavy atom. The molecule has 0 unspecified atom stereocenters. The number of ketones is 1. The van der Waals surface area contributed by atoms with Gasteiger partial charge in [0.1, 0.15) is 5.03 Å². The predicted octanol–water partition coefficient (Wildman–Crippen LogP) is 2.42. The van der Waals surface area contributed by atoms with Gasteiger partial charge in [0.2, 0.25) is 0 Å². The molecule has 0 saturated heterocycles. The molecular formula is C13H10N2O2S. The Kier molecular flexibility index (Phi) is 2.56. The topological polar surface area (TPSA) is 52.1 Å². The number of methoxy groups -OCH3 is 1. The fourth-order valence-corrected chi connectivity index (χ4v) is 2.64. The van der Waals surface area contributed by atoms with E-state index in [1.54, 1.807) is 0 Å². The van der Waals surface area contributed by atoms with E-state index in [0.717, 1.165) is 5.56 Å². The minimum atomic E-state index is -0.00685. The molecule has 1 aliphatic carbocycles. The maximum Gasteiger partial charge on any atom is 0.317 e. The summed E-state index contributed by atoms with van der Waals surface area (Å²) in [7, 11) is 1.52. The Balaban J connectivity index is 2.34. The number of carbonyl (C=O) groups excluding carboxylic acids is 1. The molecule has 18 heavy (non-hydrogen) atoms. The highest BCUT2D eigenvalue weighted by atomic mass is 32.2. The molecule has 4 nitrogen and oxygen atoms in total. The summed E-state index contributed by atoms with van der Waals surface area (Å²) in [6.45, 7) is 0. The second-order valence-corrected chi connectivity index (χ2v) is 4.61. The zero-order valence-electron chi connectivity index (χ0n) is 9.93. The molecule has 1 aromatic carbocycles. The molecule has 0 saturated carbocycles. The summed E-state index contributed by atoms with van der Waals surface area (Å²) >= 11 is 1.43. The fourth-order valence-electron chi connectivity index (χ4n) is 2.08. The molecule has 0 fully saturated rings. The number of nitrogens with zero attached hydrogens (tertiary/aromatic N) is 2. The number of carbonyl (C=O) groups is 1. The summed E-state index contributed by atoms with van der Waals surface area (Å²) in [6, 6.07) is 7.76. The van der Waals surface area contributed by atoms with Crippen LogP contribution >= 0.6 is 11.8 Å². The van der Waals surface area contributed by atoms with E-state index in [1.165, 1.54) is 18.9 Å². The van der Waals surface area contributed by atoms with Crippen LogP contribution in [0.15, 0.2) is 29.3 Å². The van der Waals surface area contributed by atoms with Gasteiger partial charge in [-0.25, -0.2) is 0 Å². The third-order valence-corrected chi connectivity index (χ3v) is 3.57. The lowest BCUT2D eigenvalue weighted by molar-refractivity contribution is 0.104. The minimum Gasteiger partial charge on any atom is -0.467 e. The zero-order chi connectivity index (χ0) is 12.7. The average Bonchev–Trinajstić information content (AvgIpc) is 2.72. The Hall–Kier alpha value is -1.88. The predicted molar refractivity (Wildman–Crippen MR) is 69.2 cm³/mol. The van der Waals surface area contributed by atoms with Crippen molar-refractivity contribution in [3.8, 4) is 17.3 Å². The Labute approximate surface area is 108 Å². The van der Waals surface area contributed by atoms with Gasteiger partial charge in [0.15, 0.2) is 5.78 Å². The van der Waals surface area contributed by atoms with E-state index in [2.05, 4.69) is 9.97 Å². The summed E-state index contributed by atoms with van der Waals surface area (Å²) in [4.78, 5) is 20.9. The third kappa shape index (κ3) is 1.44. The smallest absolute Gasteiger partial charge is 0.317 e. The SMILES string of the molecule is COc1nc(SC)c2c(n1)-c1ccccc1C2=O. The molecule has 0 atom stereocenters. The van der Waals surface area contributed by atoms with Crippen LogP contribution < -0.4 is 4.74 Å². The lowest BCUT2D eigenvalue weighted by atomic mass is 10.1. The summed E-state index contributed by atoms with van der Waals surface area (Å²) < 4.78 is 5.09. The molecule has 0 radical (unpaired) electrons. The van der Waals surface area contributed by atoms with E-state index in [-0.39, 0.29) is 5.78 Å². The van der Waals surface area contributed by atoms with Crippen molar-refractivity contribution < 1.29 is 9.53 Å². The van der Waals surface area contributed by atoms with Crippen molar-refractivity contribution in [1.82, 2.24) is 9.97 Å². The number of hydrogen-bond donors (Lipinski definition) is 0. The Morgan fingerprint density at radius 2 is 1.89 bits per heavy atom. The van der Waals surface area contributed by atoms with Gasteiger partial charge < -0.3 is 4.74 Å². The minimum absolute atomic E-state index is 0.00685. The van der Waals surface area contributed by atoms with Crippen LogP contribution in [0.25, 0.3) is 11.3 Å². The second kappa shape index (κ2) is 4.10.